The van der Waals surface area contributed by atoms with E-state index in [1.54, 1.807) is 0 Å². The van der Waals surface area contributed by atoms with Gasteiger partial charge in [-0.3, -0.25) is 0 Å². The molecule has 0 saturated carbocycles. The van der Waals surface area contributed by atoms with Crippen molar-refractivity contribution >= 4 is 5.71 Å². The molecule has 0 spiro atoms. The van der Waals surface area contributed by atoms with E-state index in [4.69, 9.17) is 5.21 Å². The molecule has 0 bridgehead atoms. The Morgan fingerprint density at radius 1 is 1.50 bits per heavy atom. The van der Waals surface area contributed by atoms with Crippen LogP contribution < -0.4 is 5.32 Å². The third kappa shape index (κ3) is 5.56. The normalized spacial score (nSPS) is 12.0. The number of hydrogen-bond donors (Lipinski definition) is 2. The minimum Gasteiger partial charge on any atom is -0.411 e. The molecule has 2 N–H and O–H groups in total. The number of nitrogens with one attached hydrogen (secondary N) is 1. The molecule has 0 saturated heterocycles. The molecule has 0 aliphatic carbocycles. The summed E-state index contributed by atoms with van der Waals surface area (Å²) in [5, 5.41) is 14.4. The molecule has 0 heterocycles. The van der Waals surface area contributed by atoms with Gasteiger partial charge in [0.25, 0.3) is 0 Å². The fraction of sp³-hybridized carbons (Fsp3) is 0.857. The van der Waals surface area contributed by atoms with E-state index in [2.05, 4.69) is 10.5 Å². The van der Waals surface area contributed by atoms with Crippen molar-refractivity contribution in [3.05, 3.63) is 0 Å². The summed E-state index contributed by atoms with van der Waals surface area (Å²) in [5.41, 5.74) is 0.816. The molecule has 3 nitrogen and oxygen atoms in total. The number of hydrogen-bond acceptors (Lipinski definition) is 3. The Labute approximate surface area is 62.1 Å². The largest absolute Gasteiger partial charge is 0.411 e. The van der Waals surface area contributed by atoms with Crippen molar-refractivity contribution < 1.29 is 5.21 Å². The first-order chi connectivity index (χ1) is 4.81. The SMILES string of the molecule is CNCCCC/C(C)=N\O. The molecule has 0 radical (unpaired) electrons. The number of unbranched alkanes of at least 4 members (excludes halogenated alkanes) is 1. The third-order valence-corrected chi connectivity index (χ3v) is 1.39. The van der Waals surface area contributed by atoms with E-state index in [1.807, 2.05) is 14.0 Å². The predicted molar refractivity (Wildman–Crippen MR) is 42.7 cm³/mol. The molecular formula is C7H16N2O. The summed E-state index contributed by atoms with van der Waals surface area (Å²) in [7, 11) is 1.94. The highest BCUT2D eigenvalue weighted by atomic mass is 16.4. The van der Waals surface area contributed by atoms with E-state index in [0.29, 0.717) is 0 Å². The molecule has 0 aromatic heterocycles. The van der Waals surface area contributed by atoms with Crippen LogP contribution in [0.4, 0.5) is 0 Å². The first-order valence-electron chi connectivity index (χ1n) is 3.63. The minimum absolute atomic E-state index is 0.816. The van der Waals surface area contributed by atoms with Crippen molar-refractivity contribution in [2.24, 2.45) is 5.16 Å². The zero-order valence-electron chi connectivity index (χ0n) is 6.72. The van der Waals surface area contributed by atoms with Gasteiger partial charge in [0, 0.05) is 0 Å². The lowest BCUT2D eigenvalue weighted by Crippen LogP contribution is -2.07. The highest BCUT2D eigenvalue weighted by Gasteiger charge is 1.90. The molecule has 0 aromatic rings. The zero-order valence-corrected chi connectivity index (χ0v) is 6.72. The Hall–Kier alpha value is -0.570. The summed E-state index contributed by atoms with van der Waals surface area (Å²) in [4.78, 5) is 0. The van der Waals surface area contributed by atoms with Crippen LogP contribution in [0.15, 0.2) is 5.16 Å². The predicted octanol–water partition coefficient (Wildman–Crippen LogP) is 1.23. The molecule has 0 aliphatic heterocycles. The van der Waals surface area contributed by atoms with Gasteiger partial charge in [-0.25, -0.2) is 0 Å². The minimum atomic E-state index is 0.816. The molecule has 0 fully saturated rings. The average molecular weight is 144 g/mol. The molecule has 0 aromatic carbocycles. The Bertz CT molecular complexity index is 102. The third-order valence-electron chi connectivity index (χ3n) is 1.39. The van der Waals surface area contributed by atoms with Gasteiger partial charge in [0.15, 0.2) is 0 Å². The lowest BCUT2D eigenvalue weighted by molar-refractivity contribution is 0.317. The molecule has 0 atom stereocenters. The van der Waals surface area contributed by atoms with Gasteiger partial charge in [0.05, 0.1) is 5.71 Å². The van der Waals surface area contributed by atoms with Crippen molar-refractivity contribution in [3.63, 3.8) is 0 Å². The van der Waals surface area contributed by atoms with E-state index in [0.717, 1.165) is 31.5 Å². The van der Waals surface area contributed by atoms with Crippen LogP contribution in [0.5, 0.6) is 0 Å². The lowest BCUT2D eigenvalue weighted by Gasteiger charge is -1.97. The summed E-state index contributed by atoms with van der Waals surface area (Å²) < 4.78 is 0. The highest BCUT2D eigenvalue weighted by molar-refractivity contribution is 5.81. The van der Waals surface area contributed by atoms with Crippen molar-refractivity contribution in [2.45, 2.75) is 26.2 Å². The van der Waals surface area contributed by atoms with E-state index >= 15 is 0 Å². The summed E-state index contributed by atoms with van der Waals surface area (Å²) in [6.45, 7) is 2.87. The first-order valence-corrected chi connectivity index (χ1v) is 3.63. The maximum Gasteiger partial charge on any atom is 0.0540 e. The summed E-state index contributed by atoms with van der Waals surface area (Å²) in [6, 6.07) is 0. The quantitative estimate of drug-likeness (QED) is 0.264. The molecule has 3 heteroatoms. The topological polar surface area (TPSA) is 44.6 Å². The van der Waals surface area contributed by atoms with Crippen LogP contribution in [0.3, 0.4) is 0 Å². The summed E-state index contributed by atoms with van der Waals surface area (Å²) >= 11 is 0. The fourth-order valence-corrected chi connectivity index (χ4v) is 0.733. The van der Waals surface area contributed by atoms with Gasteiger partial charge in [-0.15, -0.1) is 0 Å². The van der Waals surface area contributed by atoms with E-state index in [-0.39, 0.29) is 0 Å². The van der Waals surface area contributed by atoms with Crippen molar-refractivity contribution in [1.29, 1.82) is 0 Å². The monoisotopic (exact) mass is 144 g/mol. The second-order valence-electron chi connectivity index (χ2n) is 2.40. The van der Waals surface area contributed by atoms with Gasteiger partial charge < -0.3 is 10.5 Å². The standard InChI is InChI=1S/C7H16N2O/c1-7(9-10)5-3-4-6-8-2/h8,10H,3-6H2,1-2H3/b9-7-. The Balaban J connectivity index is 3.04. The Kier molecular flexibility index (Phi) is 6.18. The van der Waals surface area contributed by atoms with Crippen LogP contribution in [0.2, 0.25) is 0 Å². The van der Waals surface area contributed by atoms with Crippen LogP contribution >= 0.6 is 0 Å². The van der Waals surface area contributed by atoms with Gasteiger partial charge >= 0.3 is 0 Å². The van der Waals surface area contributed by atoms with Crippen LogP contribution in [0.1, 0.15) is 26.2 Å². The van der Waals surface area contributed by atoms with E-state index in [9.17, 15) is 0 Å². The molecule has 0 amide bonds. The van der Waals surface area contributed by atoms with Crippen LogP contribution in [0.25, 0.3) is 0 Å². The smallest absolute Gasteiger partial charge is 0.0540 e. The van der Waals surface area contributed by atoms with Gasteiger partial charge in [0.1, 0.15) is 0 Å². The summed E-state index contributed by atoms with van der Waals surface area (Å²) in [6.07, 6.45) is 3.14. The van der Waals surface area contributed by atoms with Crippen molar-refractivity contribution in [1.82, 2.24) is 5.32 Å². The number of nitrogens with zero attached hydrogens (tertiary/aromatic N) is 1. The fourth-order valence-electron chi connectivity index (χ4n) is 0.733. The van der Waals surface area contributed by atoms with Crippen molar-refractivity contribution in [3.8, 4) is 0 Å². The lowest BCUT2D eigenvalue weighted by atomic mass is 10.2. The number of oxime groups is 1. The van der Waals surface area contributed by atoms with Gasteiger partial charge in [-0.05, 0) is 39.8 Å². The van der Waals surface area contributed by atoms with E-state index < -0.39 is 0 Å². The second-order valence-corrected chi connectivity index (χ2v) is 2.40. The first kappa shape index (κ1) is 9.43. The second kappa shape index (κ2) is 6.55. The summed E-state index contributed by atoms with van der Waals surface area (Å²) in [5.74, 6) is 0. The van der Waals surface area contributed by atoms with Gasteiger partial charge in [-0.1, -0.05) is 5.16 Å². The average Bonchev–Trinajstić information content (AvgIpc) is 1.98. The van der Waals surface area contributed by atoms with Crippen LogP contribution in [0, 0.1) is 0 Å². The molecule has 60 valence electrons. The highest BCUT2D eigenvalue weighted by Crippen LogP contribution is 1.95. The Morgan fingerprint density at radius 3 is 2.70 bits per heavy atom. The van der Waals surface area contributed by atoms with Crippen LogP contribution in [-0.2, 0) is 0 Å². The van der Waals surface area contributed by atoms with Crippen LogP contribution in [-0.4, -0.2) is 24.5 Å². The van der Waals surface area contributed by atoms with Gasteiger partial charge in [-0.2, -0.15) is 0 Å². The molecule has 10 heavy (non-hydrogen) atoms. The zero-order chi connectivity index (χ0) is 7.82. The van der Waals surface area contributed by atoms with Crippen molar-refractivity contribution in [2.75, 3.05) is 13.6 Å². The van der Waals surface area contributed by atoms with Gasteiger partial charge in [0.2, 0.25) is 0 Å². The molecule has 0 rings (SSSR count). The van der Waals surface area contributed by atoms with E-state index in [1.165, 1.54) is 0 Å². The number of rotatable bonds is 5. The maximum absolute atomic E-state index is 8.26. The molecular weight excluding hydrogens is 128 g/mol. The maximum atomic E-state index is 8.26. The molecule has 0 unspecified atom stereocenters. The molecule has 0 aliphatic rings. The Morgan fingerprint density at radius 2 is 2.20 bits per heavy atom.